The molecule has 0 amide bonds. The lowest BCUT2D eigenvalue weighted by Gasteiger charge is -2.06. The van der Waals surface area contributed by atoms with E-state index in [1.807, 2.05) is 12.1 Å². The van der Waals surface area contributed by atoms with Crippen molar-refractivity contribution in [1.82, 2.24) is 15.0 Å². The molecular weight excluding hydrogens is 280 g/mol. The van der Waals surface area contributed by atoms with E-state index in [0.29, 0.717) is 11.6 Å². The predicted octanol–water partition coefficient (Wildman–Crippen LogP) is 2.13. The van der Waals surface area contributed by atoms with Gasteiger partial charge in [-0.15, -0.1) is 5.10 Å². The number of hydrogen-bond acceptors (Lipinski definition) is 5. The summed E-state index contributed by atoms with van der Waals surface area (Å²) in [5, 5.41) is 8.26. The maximum absolute atomic E-state index is 11.8. The molecule has 0 aliphatic carbocycles. The molecule has 1 heterocycles. The van der Waals surface area contributed by atoms with Gasteiger partial charge in [-0.2, -0.15) is 0 Å². The highest BCUT2D eigenvalue weighted by Gasteiger charge is 2.19. The summed E-state index contributed by atoms with van der Waals surface area (Å²) in [6.07, 6.45) is -0.236. The molecule has 0 unspecified atom stereocenters. The highest BCUT2D eigenvalue weighted by Crippen LogP contribution is 2.15. The summed E-state index contributed by atoms with van der Waals surface area (Å²) in [6.45, 7) is 3.89. The zero-order chi connectivity index (χ0) is 14.7. The smallest absolute Gasteiger partial charge is 0.363 e. The van der Waals surface area contributed by atoms with Crippen molar-refractivity contribution in [2.45, 2.75) is 26.5 Å². The zero-order valence-corrected chi connectivity index (χ0v) is 12.0. The van der Waals surface area contributed by atoms with Gasteiger partial charge in [0.05, 0.1) is 12.6 Å². The molecule has 0 aliphatic rings. The highest BCUT2D eigenvalue weighted by molar-refractivity contribution is 6.30. The average molecular weight is 295 g/mol. The molecule has 20 heavy (non-hydrogen) atoms. The number of nitrogens with two attached hydrogens (primary N) is 1. The second-order valence-corrected chi connectivity index (χ2v) is 5.00. The van der Waals surface area contributed by atoms with Gasteiger partial charge in [0.1, 0.15) is 0 Å². The summed E-state index contributed by atoms with van der Waals surface area (Å²) in [7, 11) is 0. The normalized spacial score (nSPS) is 10.8. The van der Waals surface area contributed by atoms with Gasteiger partial charge in [0.2, 0.25) is 5.69 Å². The van der Waals surface area contributed by atoms with Gasteiger partial charge < -0.3 is 10.5 Å². The van der Waals surface area contributed by atoms with Crippen LogP contribution in [-0.4, -0.2) is 27.1 Å². The summed E-state index contributed by atoms with van der Waals surface area (Å²) in [6, 6.07) is 7.30. The SMILES string of the molecule is CC(C)OC(=O)c1nnn(Cc2cccc(Cl)c2)c1N. The zero-order valence-electron chi connectivity index (χ0n) is 11.2. The number of nitrogen functional groups attached to an aromatic ring is 1. The van der Waals surface area contributed by atoms with E-state index in [-0.39, 0.29) is 17.6 Å². The molecule has 0 fully saturated rings. The second-order valence-electron chi connectivity index (χ2n) is 4.56. The van der Waals surface area contributed by atoms with Crippen LogP contribution in [0.3, 0.4) is 0 Å². The van der Waals surface area contributed by atoms with E-state index < -0.39 is 5.97 Å². The van der Waals surface area contributed by atoms with Gasteiger partial charge in [-0.25, -0.2) is 9.48 Å². The number of aromatic nitrogens is 3. The number of esters is 1. The molecular formula is C13H15ClN4O2. The summed E-state index contributed by atoms with van der Waals surface area (Å²) < 4.78 is 6.48. The fourth-order valence-electron chi connectivity index (χ4n) is 1.66. The van der Waals surface area contributed by atoms with Gasteiger partial charge in [-0.05, 0) is 31.5 Å². The minimum Gasteiger partial charge on any atom is -0.458 e. The van der Waals surface area contributed by atoms with Crippen molar-refractivity contribution >= 4 is 23.4 Å². The quantitative estimate of drug-likeness (QED) is 0.873. The van der Waals surface area contributed by atoms with Crippen LogP contribution in [0.1, 0.15) is 29.9 Å². The Bertz CT molecular complexity index is 625. The number of ether oxygens (including phenoxy) is 1. The lowest BCUT2D eigenvalue weighted by Crippen LogP contribution is -2.14. The Morgan fingerprint density at radius 2 is 2.25 bits per heavy atom. The van der Waals surface area contributed by atoms with Crippen LogP contribution in [0.2, 0.25) is 5.02 Å². The molecule has 6 nitrogen and oxygen atoms in total. The van der Waals surface area contributed by atoms with E-state index >= 15 is 0 Å². The molecule has 0 radical (unpaired) electrons. The predicted molar refractivity (Wildman–Crippen MR) is 75.5 cm³/mol. The summed E-state index contributed by atoms with van der Waals surface area (Å²) in [5.41, 5.74) is 6.81. The van der Waals surface area contributed by atoms with Crippen molar-refractivity contribution in [1.29, 1.82) is 0 Å². The largest absolute Gasteiger partial charge is 0.458 e. The van der Waals surface area contributed by atoms with Crippen molar-refractivity contribution < 1.29 is 9.53 Å². The lowest BCUT2D eigenvalue weighted by molar-refractivity contribution is 0.0372. The molecule has 7 heteroatoms. The molecule has 0 atom stereocenters. The molecule has 0 saturated carbocycles. The minimum absolute atomic E-state index is 0.0285. The van der Waals surface area contributed by atoms with Gasteiger partial charge in [-0.1, -0.05) is 28.9 Å². The van der Waals surface area contributed by atoms with E-state index in [9.17, 15) is 4.79 Å². The van der Waals surface area contributed by atoms with Gasteiger partial charge in [-0.3, -0.25) is 0 Å². The first-order valence-corrected chi connectivity index (χ1v) is 6.49. The third-order valence-corrected chi connectivity index (χ3v) is 2.77. The topological polar surface area (TPSA) is 83.0 Å². The van der Waals surface area contributed by atoms with E-state index in [1.54, 1.807) is 26.0 Å². The lowest BCUT2D eigenvalue weighted by atomic mass is 10.2. The molecule has 0 saturated heterocycles. The first kappa shape index (κ1) is 14.3. The second kappa shape index (κ2) is 5.92. The van der Waals surface area contributed by atoms with Crippen molar-refractivity contribution in [3.63, 3.8) is 0 Å². The number of benzene rings is 1. The van der Waals surface area contributed by atoms with Crippen molar-refractivity contribution in [2.75, 3.05) is 5.73 Å². The maximum Gasteiger partial charge on any atom is 0.363 e. The van der Waals surface area contributed by atoms with Gasteiger partial charge in [0.15, 0.2) is 5.82 Å². The standard InChI is InChI=1S/C13H15ClN4O2/c1-8(2)20-13(19)11-12(15)18(17-16-11)7-9-4-3-5-10(14)6-9/h3-6,8H,7,15H2,1-2H3. The summed E-state index contributed by atoms with van der Waals surface area (Å²) >= 11 is 5.91. The first-order chi connectivity index (χ1) is 9.47. The Hall–Kier alpha value is -2.08. The molecule has 106 valence electrons. The number of hydrogen-bond donors (Lipinski definition) is 1. The number of rotatable bonds is 4. The fraction of sp³-hybridized carbons (Fsp3) is 0.308. The Kier molecular flexibility index (Phi) is 4.24. The molecule has 2 N–H and O–H groups in total. The monoisotopic (exact) mass is 294 g/mol. The van der Waals surface area contributed by atoms with E-state index in [4.69, 9.17) is 22.1 Å². The molecule has 2 aromatic rings. The van der Waals surface area contributed by atoms with Crippen LogP contribution in [0.4, 0.5) is 5.82 Å². The molecule has 2 rings (SSSR count). The fourth-order valence-corrected chi connectivity index (χ4v) is 1.87. The number of carbonyl (C=O) groups is 1. The molecule has 1 aromatic carbocycles. The van der Waals surface area contributed by atoms with Gasteiger partial charge >= 0.3 is 5.97 Å². The van der Waals surface area contributed by atoms with E-state index in [2.05, 4.69) is 10.3 Å². The van der Waals surface area contributed by atoms with Crippen LogP contribution in [0, 0.1) is 0 Å². The minimum atomic E-state index is -0.574. The Morgan fingerprint density at radius 3 is 2.90 bits per heavy atom. The van der Waals surface area contributed by atoms with Crippen LogP contribution in [0.5, 0.6) is 0 Å². The van der Waals surface area contributed by atoms with Crippen molar-refractivity contribution in [3.8, 4) is 0 Å². The van der Waals surface area contributed by atoms with Gasteiger partial charge in [0.25, 0.3) is 0 Å². The van der Waals surface area contributed by atoms with Crippen LogP contribution in [-0.2, 0) is 11.3 Å². The number of carbonyl (C=O) groups excluding carboxylic acids is 1. The summed E-state index contributed by atoms with van der Waals surface area (Å²) in [5.74, 6) is -0.398. The van der Waals surface area contributed by atoms with E-state index in [1.165, 1.54) is 4.68 Å². The van der Waals surface area contributed by atoms with Gasteiger partial charge in [0, 0.05) is 5.02 Å². The Labute approximate surface area is 121 Å². The highest BCUT2D eigenvalue weighted by atomic mass is 35.5. The Morgan fingerprint density at radius 1 is 1.50 bits per heavy atom. The first-order valence-electron chi connectivity index (χ1n) is 6.11. The van der Waals surface area contributed by atoms with Crippen molar-refractivity contribution in [3.05, 3.63) is 40.5 Å². The Balaban J connectivity index is 2.19. The number of anilines is 1. The summed E-state index contributed by atoms with van der Waals surface area (Å²) in [4.78, 5) is 11.8. The number of halogens is 1. The third kappa shape index (κ3) is 3.27. The average Bonchev–Trinajstić information content (AvgIpc) is 2.70. The van der Waals surface area contributed by atoms with E-state index in [0.717, 1.165) is 5.56 Å². The van der Waals surface area contributed by atoms with Crippen molar-refractivity contribution in [2.24, 2.45) is 0 Å². The van der Waals surface area contributed by atoms with Crippen LogP contribution >= 0.6 is 11.6 Å². The molecule has 0 aliphatic heterocycles. The molecule has 0 spiro atoms. The third-order valence-electron chi connectivity index (χ3n) is 2.53. The maximum atomic E-state index is 11.8. The molecule has 0 bridgehead atoms. The number of nitrogens with zero attached hydrogens (tertiary/aromatic N) is 3. The van der Waals surface area contributed by atoms with Crippen LogP contribution in [0.15, 0.2) is 24.3 Å². The van der Waals surface area contributed by atoms with Crippen LogP contribution in [0.25, 0.3) is 0 Å². The van der Waals surface area contributed by atoms with Crippen LogP contribution < -0.4 is 5.73 Å². The molecule has 1 aromatic heterocycles.